The Morgan fingerprint density at radius 2 is 1.83 bits per heavy atom. The topological polar surface area (TPSA) is 91.6 Å². The minimum atomic E-state index is 0.0206. The monoisotopic (exact) mass is 487 g/mol. The number of nitrogens with zero attached hydrogens (tertiary/aromatic N) is 4. The fraction of sp³-hybridized carbons (Fsp3) is 0.429. The van der Waals surface area contributed by atoms with Crippen molar-refractivity contribution in [3.8, 4) is 11.4 Å². The van der Waals surface area contributed by atoms with E-state index in [0.717, 1.165) is 61.2 Å². The van der Waals surface area contributed by atoms with Gasteiger partial charge in [0.2, 0.25) is 23.5 Å². The first-order chi connectivity index (χ1) is 17.5. The van der Waals surface area contributed by atoms with Gasteiger partial charge in [-0.15, -0.1) is 0 Å². The lowest BCUT2D eigenvalue weighted by atomic mass is 9.96. The van der Waals surface area contributed by atoms with Gasteiger partial charge in [0.05, 0.1) is 6.54 Å². The highest BCUT2D eigenvalue weighted by atomic mass is 16.5. The van der Waals surface area contributed by atoms with Gasteiger partial charge < -0.3 is 14.7 Å². The van der Waals surface area contributed by atoms with Crippen molar-refractivity contribution in [1.29, 1.82) is 0 Å². The molecule has 0 aliphatic carbocycles. The van der Waals surface area contributed by atoms with E-state index in [4.69, 9.17) is 4.52 Å². The predicted octanol–water partition coefficient (Wildman–Crippen LogP) is 3.70. The average Bonchev–Trinajstić information content (AvgIpc) is 3.53. The minimum absolute atomic E-state index is 0.0206. The van der Waals surface area contributed by atoms with Crippen LogP contribution in [-0.2, 0) is 29.2 Å². The van der Waals surface area contributed by atoms with Gasteiger partial charge in [-0.1, -0.05) is 53.2 Å². The van der Waals surface area contributed by atoms with Crippen LogP contribution >= 0.6 is 0 Å². The van der Waals surface area contributed by atoms with Crippen LogP contribution < -0.4 is 5.32 Å². The summed E-state index contributed by atoms with van der Waals surface area (Å²) in [5, 5.41) is 7.23. The first-order valence-electron chi connectivity index (χ1n) is 12.8. The number of carbonyl (C=O) groups excluding carboxylic acids is 2. The van der Waals surface area contributed by atoms with Gasteiger partial charge in [0.25, 0.3) is 0 Å². The number of amides is 2. The molecule has 2 aliphatic rings. The standard InChI is InChI=1S/C28H33N5O3/c1-20-4-2-5-24(16-20)27-30-25(36-31-27)19-32-14-11-23(12-15-32)28(35)29-17-21-7-9-22(10-8-21)18-33-13-3-6-26(33)34/h2,4-5,7-10,16,23H,3,6,11-15,17-19H2,1H3,(H,29,35). The Balaban J connectivity index is 1.05. The number of hydrogen-bond acceptors (Lipinski definition) is 6. The Labute approximate surface area is 211 Å². The second-order valence-corrected chi connectivity index (χ2v) is 9.88. The zero-order valence-corrected chi connectivity index (χ0v) is 20.8. The van der Waals surface area contributed by atoms with Gasteiger partial charge in [-0.2, -0.15) is 4.98 Å². The predicted molar refractivity (Wildman–Crippen MR) is 135 cm³/mol. The van der Waals surface area contributed by atoms with Crippen LogP contribution in [0.4, 0.5) is 0 Å². The molecule has 5 rings (SSSR count). The van der Waals surface area contributed by atoms with Gasteiger partial charge >= 0.3 is 0 Å². The van der Waals surface area contributed by atoms with Gasteiger partial charge in [0.15, 0.2) is 0 Å². The van der Waals surface area contributed by atoms with Crippen molar-refractivity contribution < 1.29 is 14.1 Å². The van der Waals surface area contributed by atoms with E-state index in [1.54, 1.807) is 0 Å². The summed E-state index contributed by atoms with van der Waals surface area (Å²) in [6.07, 6.45) is 3.24. The second kappa shape index (κ2) is 11.0. The third-order valence-electron chi connectivity index (χ3n) is 7.10. The van der Waals surface area contributed by atoms with Crippen LogP contribution in [0.5, 0.6) is 0 Å². The lowest BCUT2D eigenvalue weighted by Gasteiger charge is -2.30. The summed E-state index contributed by atoms with van der Waals surface area (Å²) >= 11 is 0. The summed E-state index contributed by atoms with van der Waals surface area (Å²) in [6, 6.07) is 16.2. The molecule has 0 radical (unpaired) electrons. The van der Waals surface area contributed by atoms with Crippen LogP contribution in [0.3, 0.4) is 0 Å². The Hall–Kier alpha value is -3.52. The average molecular weight is 488 g/mol. The fourth-order valence-electron chi connectivity index (χ4n) is 4.95. The molecule has 1 aromatic heterocycles. The molecule has 188 valence electrons. The fourth-order valence-corrected chi connectivity index (χ4v) is 4.95. The molecule has 3 heterocycles. The second-order valence-electron chi connectivity index (χ2n) is 9.88. The zero-order chi connectivity index (χ0) is 24.9. The maximum Gasteiger partial charge on any atom is 0.241 e. The molecule has 2 fully saturated rings. The van der Waals surface area contributed by atoms with E-state index >= 15 is 0 Å². The van der Waals surface area contributed by atoms with Gasteiger partial charge in [-0.25, -0.2) is 0 Å². The summed E-state index contributed by atoms with van der Waals surface area (Å²) in [7, 11) is 0. The SMILES string of the molecule is Cc1cccc(-c2noc(CN3CCC(C(=O)NCc4ccc(CN5CCCC5=O)cc4)CC3)n2)c1. The summed E-state index contributed by atoms with van der Waals surface area (Å²) in [6.45, 7) is 6.32. The van der Waals surface area contributed by atoms with Crippen LogP contribution in [0.25, 0.3) is 11.4 Å². The molecule has 2 amide bonds. The summed E-state index contributed by atoms with van der Waals surface area (Å²) in [4.78, 5) is 33.3. The normalized spacial score (nSPS) is 17.0. The molecule has 8 nitrogen and oxygen atoms in total. The number of carbonyl (C=O) groups is 2. The van der Waals surface area contributed by atoms with Crippen molar-refractivity contribution in [1.82, 2.24) is 25.3 Å². The maximum absolute atomic E-state index is 12.7. The number of likely N-dealkylation sites (tertiary alicyclic amines) is 2. The van der Waals surface area contributed by atoms with Crippen molar-refractivity contribution in [2.24, 2.45) is 5.92 Å². The first kappa shape index (κ1) is 24.2. The Bertz CT molecular complexity index is 1200. The molecule has 0 saturated carbocycles. The third-order valence-corrected chi connectivity index (χ3v) is 7.10. The number of aromatic nitrogens is 2. The summed E-state index contributed by atoms with van der Waals surface area (Å²) in [5.74, 6) is 1.59. The van der Waals surface area contributed by atoms with Gasteiger partial charge in [0.1, 0.15) is 0 Å². The van der Waals surface area contributed by atoms with Crippen molar-refractivity contribution in [3.63, 3.8) is 0 Å². The van der Waals surface area contributed by atoms with Crippen LogP contribution in [-0.4, -0.2) is 51.4 Å². The number of benzene rings is 2. The number of aryl methyl sites for hydroxylation is 1. The van der Waals surface area contributed by atoms with E-state index < -0.39 is 0 Å². The third kappa shape index (κ3) is 5.99. The van der Waals surface area contributed by atoms with Gasteiger partial charge in [-0.3, -0.25) is 14.5 Å². The van der Waals surface area contributed by atoms with Gasteiger partial charge in [0, 0.05) is 37.5 Å². The lowest BCUT2D eigenvalue weighted by molar-refractivity contribution is -0.128. The number of hydrogen-bond donors (Lipinski definition) is 1. The van der Waals surface area contributed by atoms with Crippen LogP contribution in [0.1, 0.15) is 48.3 Å². The van der Waals surface area contributed by atoms with E-state index in [2.05, 4.69) is 20.4 Å². The largest absolute Gasteiger partial charge is 0.352 e. The van der Waals surface area contributed by atoms with E-state index in [9.17, 15) is 9.59 Å². The molecule has 8 heteroatoms. The molecule has 36 heavy (non-hydrogen) atoms. The molecule has 2 saturated heterocycles. The highest BCUT2D eigenvalue weighted by Crippen LogP contribution is 2.21. The Kier molecular flexibility index (Phi) is 7.41. The zero-order valence-electron chi connectivity index (χ0n) is 20.8. The number of nitrogens with one attached hydrogen (secondary N) is 1. The highest BCUT2D eigenvalue weighted by molar-refractivity contribution is 5.79. The van der Waals surface area contributed by atoms with Crippen molar-refractivity contribution in [2.75, 3.05) is 19.6 Å². The molecule has 2 aliphatic heterocycles. The molecule has 1 N–H and O–H groups in total. The molecular formula is C28H33N5O3. The van der Waals surface area contributed by atoms with E-state index in [1.807, 2.05) is 60.4 Å². The molecule has 0 unspecified atom stereocenters. The quantitative estimate of drug-likeness (QED) is 0.521. The molecule has 0 bridgehead atoms. The smallest absolute Gasteiger partial charge is 0.241 e. The van der Waals surface area contributed by atoms with Crippen LogP contribution in [0, 0.1) is 12.8 Å². The molecule has 0 atom stereocenters. The summed E-state index contributed by atoms with van der Waals surface area (Å²) in [5.41, 5.74) is 4.31. The van der Waals surface area contributed by atoms with E-state index in [0.29, 0.717) is 37.8 Å². The molecule has 0 spiro atoms. The van der Waals surface area contributed by atoms with Crippen LogP contribution in [0.15, 0.2) is 53.1 Å². The Morgan fingerprint density at radius 1 is 1.06 bits per heavy atom. The number of piperidine rings is 1. The molecule has 2 aromatic carbocycles. The van der Waals surface area contributed by atoms with Crippen LogP contribution in [0.2, 0.25) is 0 Å². The number of rotatable bonds is 8. The maximum atomic E-state index is 12.7. The lowest BCUT2D eigenvalue weighted by Crippen LogP contribution is -2.40. The van der Waals surface area contributed by atoms with E-state index in [-0.39, 0.29) is 17.7 Å². The van der Waals surface area contributed by atoms with E-state index in [1.165, 1.54) is 0 Å². The van der Waals surface area contributed by atoms with Crippen molar-refractivity contribution in [2.45, 2.75) is 52.2 Å². The van der Waals surface area contributed by atoms with Crippen molar-refractivity contribution in [3.05, 3.63) is 71.1 Å². The molecular weight excluding hydrogens is 454 g/mol. The minimum Gasteiger partial charge on any atom is -0.352 e. The van der Waals surface area contributed by atoms with Crippen molar-refractivity contribution >= 4 is 11.8 Å². The Morgan fingerprint density at radius 3 is 2.56 bits per heavy atom. The van der Waals surface area contributed by atoms with Gasteiger partial charge in [-0.05, 0) is 56.5 Å². The first-order valence-corrected chi connectivity index (χ1v) is 12.8. The molecule has 3 aromatic rings. The highest BCUT2D eigenvalue weighted by Gasteiger charge is 2.26. The summed E-state index contributed by atoms with van der Waals surface area (Å²) < 4.78 is 5.47.